The number of ether oxygens (including phenoxy) is 2. The Balaban J connectivity index is 0.000000460. The van der Waals surface area contributed by atoms with E-state index in [-0.39, 0.29) is 6.10 Å². The third-order valence-corrected chi connectivity index (χ3v) is 3.57. The van der Waals surface area contributed by atoms with E-state index in [9.17, 15) is 0 Å². The fourth-order valence-electron chi connectivity index (χ4n) is 2.27. The highest BCUT2D eigenvalue weighted by Crippen LogP contribution is 2.19. The van der Waals surface area contributed by atoms with Gasteiger partial charge in [0.05, 0.1) is 24.8 Å². The number of benzene rings is 2. The zero-order valence-corrected chi connectivity index (χ0v) is 17.8. The summed E-state index contributed by atoms with van der Waals surface area (Å²) in [6, 6.07) is 17.6. The Labute approximate surface area is 165 Å². The normalized spacial score (nSPS) is 9.26. The summed E-state index contributed by atoms with van der Waals surface area (Å²) in [4.78, 5) is 0. The van der Waals surface area contributed by atoms with Crippen molar-refractivity contribution in [3.05, 3.63) is 59.7 Å². The molecule has 2 aromatic rings. The van der Waals surface area contributed by atoms with Crippen LogP contribution in [0.25, 0.3) is 0 Å². The number of methoxy groups -OCH3 is 1. The average Bonchev–Trinajstić information content (AvgIpc) is 2.70. The first kappa shape index (κ1) is 24.5. The van der Waals surface area contributed by atoms with Crippen LogP contribution < -0.4 is 9.47 Å². The standard InChI is InChI=1S/C12H15N.C10H14O2.C2H6/c1-2-3-4-5-11-6-8-12(10-13)9-7-11;1-8(2)12-10-6-4-5-9(7-10)11-3;1-2/h6-9H,2-5H2,1H3;4-8H,1-3H3;1-2H3. The third-order valence-electron chi connectivity index (χ3n) is 3.57. The lowest BCUT2D eigenvalue weighted by Crippen LogP contribution is -2.05. The Morgan fingerprint density at radius 2 is 1.59 bits per heavy atom. The van der Waals surface area contributed by atoms with E-state index in [1.54, 1.807) is 7.11 Å². The summed E-state index contributed by atoms with van der Waals surface area (Å²) in [7, 11) is 1.65. The van der Waals surface area contributed by atoms with Crippen molar-refractivity contribution in [3.8, 4) is 17.6 Å². The molecule has 0 fully saturated rings. The molecule has 2 rings (SSSR count). The van der Waals surface area contributed by atoms with Gasteiger partial charge in [0.1, 0.15) is 11.5 Å². The molecule has 3 nitrogen and oxygen atoms in total. The first-order valence-corrected chi connectivity index (χ1v) is 9.88. The van der Waals surface area contributed by atoms with Crippen LogP contribution in [0.2, 0.25) is 0 Å². The molecule has 0 atom stereocenters. The van der Waals surface area contributed by atoms with Crippen LogP contribution in [0.5, 0.6) is 11.5 Å². The minimum absolute atomic E-state index is 0.206. The van der Waals surface area contributed by atoms with Crippen LogP contribution in [-0.2, 0) is 6.42 Å². The molecule has 0 aliphatic rings. The molecule has 2 aromatic carbocycles. The van der Waals surface area contributed by atoms with E-state index in [0.29, 0.717) is 0 Å². The molecule has 3 heteroatoms. The van der Waals surface area contributed by atoms with Crippen LogP contribution in [0.1, 0.15) is 65.0 Å². The van der Waals surface area contributed by atoms with E-state index >= 15 is 0 Å². The average molecular weight is 370 g/mol. The highest BCUT2D eigenvalue weighted by atomic mass is 16.5. The Bertz CT molecular complexity index is 642. The van der Waals surface area contributed by atoms with Crippen LogP contribution in [-0.4, -0.2) is 13.2 Å². The lowest BCUT2D eigenvalue weighted by Gasteiger charge is -2.09. The van der Waals surface area contributed by atoms with E-state index in [1.165, 1.54) is 24.8 Å². The number of hydrogen-bond acceptors (Lipinski definition) is 3. The van der Waals surface area contributed by atoms with Crippen LogP contribution in [0, 0.1) is 11.3 Å². The third kappa shape index (κ3) is 11.7. The number of hydrogen-bond donors (Lipinski definition) is 0. The maximum Gasteiger partial charge on any atom is 0.123 e. The molecule has 0 bridgehead atoms. The monoisotopic (exact) mass is 369 g/mol. The second-order valence-electron chi connectivity index (χ2n) is 6.11. The van der Waals surface area contributed by atoms with Crippen LogP contribution in [0.15, 0.2) is 48.5 Å². The number of rotatable bonds is 7. The second kappa shape index (κ2) is 15.8. The molecule has 0 aromatic heterocycles. The van der Waals surface area contributed by atoms with Crippen molar-refractivity contribution in [2.24, 2.45) is 0 Å². The Morgan fingerprint density at radius 1 is 0.963 bits per heavy atom. The SMILES string of the molecule is CC.CCCCCc1ccc(C#N)cc1.COc1cccc(OC(C)C)c1. The summed E-state index contributed by atoms with van der Waals surface area (Å²) in [5, 5.41) is 8.59. The second-order valence-corrected chi connectivity index (χ2v) is 6.11. The maximum absolute atomic E-state index is 8.59. The van der Waals surface area contributed by atoms with Gasteiger partial charge in [0.25, 0.3) is 0 Å². The summed E-state index contributed by atoms with van der Waals surface area (Å²) in [6.07, 6.45) is 5.15. The molecule has 0 amide bonds. The van der Waals surface area contributed by atoms with Crippen molar-refractivity contribution in [1.82, 2.24) is 0 Å². The van der Waals surface area contributed by atoms with Gasteiger partial charge in [-0.15, -0.1) is 0 Å². The predicted octanol–water partition coefficient (Wildman–Crippen LogP) is 6.80. The molecule has 0 unspecified atom stereocenters. The van der Waals surface area contributed by atoms with Gasteiger partial charge < -0.3 is 9.47 Å². The fourth-order valence-corrected chi connectivity index (χ4v) is 2.27. The van der Waals surface area contributed by atoms with Crippen molar-refractivity contribution in [2.45, 2.75) is 66.4 Å². The first-order valence-electron chi connectivity index (χ1n) is 9.88. The molecule has 0 saturated carbocycles. The van der Waals surface area contributed by atoms with Gasteiger partial charge in [-0.05, 0) is 56.5 Å². The highest BCUT2D eigenvalue weighted by molar-refractivity contribution is 5.33. The topological polar surface area (TPSA) is 42.2 Å². The molecular formula is C24H35NO2. The molecule has 0 aliphatic heterocycles. The number of unbranched alkanes of at least 4 members (excludes halogenated alkanes) is 2. The molecule has 0 radical (unpaired) electrons. The summed E-state index contributed by atoms with van der Waals surface area (Å²) < 4.78 is 10.5. The van der Waals surface area contributed by atoms with Gasteiger partial charge >= 0.3 is 0 Å². The Morgan fingerprint density at radius 3 is 2.11 bits per heavy atom. The van der Waals surface area contributed by atoms with Crippen molar-refractivity contribution < 1.29 is 9.47 Å². The minimum Gasteiger partial charge on any atom is -0.497 e. The van der Waals surface area contributed by atoms with Crippen molar-refractivity contribution in [2.75, 3.05) is 7.11 Å². The quantitative estimate of drug-likeness (QED) is 0.504. The Kier molecular flexibility index (Phi) is 14.3. The summed E-state index contributed by atoms with van der Waals surface area (Å²) in [6.45, 7) is 10.2. The van der Waals surface area contributed by atoms with Gasteiger partial charge in [-0.1, -0.05) is 51.8 Å². The predicted molar refractivity (Wildman–Crippen MR) is 114 cm³/mol. The number of nitrogens with zero attached hydrogens (tertiary/aromatic N) is 1. The maximum atomic E-state index is 8.59. The molecule has 0 saturated heterocycles. The first-order chi connectivity index (χ1) is 13.1. The summed E-state index contributed by atoms with van der Waals surface area (Å²) in [5.41, 5.74) is 2.09. The van der Waals surface area contributed by atoms with E-state index < -0.39 is 0 Å². The number of nitriles is 1. The van der Waals surface area contributed by atoms with Crippen LogP contribution in [0.3, 0.4) is 0 Å². The van der Waals surface area contributed by atoms with Crippen molar-refractivity contribution in [3.63, 3.8) is 0 Å². The van der Waals surface area contributed by atoms with E-state index in [2.05, 4.69) is 13.0 Å². The van der Waals surface area contributed by atoms with Gasteiger partial charge in [0, 0.05) is 6.07 Å². The van der Waals surface area contributed by atoms with Crippen LogP contribution in [0.4, 0.5) is 0 Å². The van der Waals surface area contributed by atoms with Gasteiger partial charge in [-0.25, -0.2) is 0 Å². The smallest absolute Gasteiger partial charge is 0.123 e. The van der Waals surface area contributed by atoms with Gasteiger partial charge in [-0.2, -0.15) is 5.26 Å². The van der Waals surface area contributed by atoms with Crippen LogP contribution >= 0.6 is 0 Å². The fraction of sp³-hybridized carbons (Fsp3) is 0.458. The van der Waals surface area contributed by atoms with Gasteiger partial charge in [0.15, 0.2) is 0 Å². The zero-order valence-electron chi connectivity index (χ0n) is 17.8. The molecular weight excluding hydrogens is 334 g/mol. The van der Waals surface area contributed by atoms with Gasteiger partial charge in [-0.3, -0.25) is 0 Å². The zero-order chi connectivity index (χ0) is 20.5. The minimum atomic E-state index is 0.206. The van der Waals surface area contributed by atoms with E-state index in [0.717, 1.165) is 23.5 Å². The van der Waals surface area contributed by atoms with E-state index in [4.69, 9.17) is 14.7 Å². The Hall–Kier alpha value is -2.47. The summed E-state index contributed by atoms with van der Waals surface area (Å²) >= 11 is 0. The molecule has 27 heavy (non-hydrogen) atoms. The molecule has 0 spiro atoms. The molecule has 148 valence electrons. The highest BCUT2D eigenvalue weighted by Gasteiger charge is 1.98. The largest absolute Gasteiger partial charge is 0.497 e. The summed E-state index contributed by atoms with van der Waals surface area (Å²) in [5.74, 6) is 1.68. The lowest BCUT2D eigenvalue weighted by atomic mass is 10.1. The number of aryl methyl sites for hydroxylation is 1. The molecule has 0 heterocycles. The molecule has 0 aliphatic carbocycles. The van der Waals surface area contributed by atoms with Crippen molar-refractivity contribution in [1.29, 1.82) is 5.26 Å². The van der Waals surface area contributed by atoms with E-state index in [1.807, 2.05) is 76.2 Å². The van der Waals surface area contributed by atoms with Crippen molar-refractivity contribution >= 4 is 0 Å². The molecule has 0 N–H and O–H groups in total. The lowest BCUT2D eigenvalue weighted by molar-refractivity contribution is 0.241. The van der Waals surface area contributed by atoms with Gasteiger partial charge in [0.2, 0.25) is 0 Å².